The lowest BCUT2D eigenvalue weighted by molar-refractivity contribution is 0.381. The van der Waals surface area contributed by atoms with E-state index in [1.54, 1.807) is 30.6 Å². The van der Waals surface area contributed by atoms with Crippen molar-refractivity contribution in [2.75, 3.05) is 20.8 Å². The first kappa shape index (κ1) is 18.7. The first-order valence-corrected chi connectivity index (χ1v) is 8.95. The number of nitrogens with zero attached hydrogens (tertiary/aromatic N) is 3. The quantitative estimate of drug-likeness (QED) is 0.716. The third-order valence-corrected chi connectivity index (χ3v) is 5.41. The van der Waals surface area contributed by atoms with Crippen LogP contribution in [0.5, 0.6) is 11.5 Å². The average molecular weight is 361 g/mol. The Balaban J connectivity index is 2.46. The topological polar surface area (TPSA) is 92.5 Å². The molecule has 132 valence electrons. The van der Waals surface area contributed by atoms with E-state index in [-0.39, 0.29) is 30.2 Å². The second-order valence-electron chi connectivity index (χ2n) is 5.12. The average Bonchev–Trinajstić information content (AvgIpc) is 2.65. The molecule has 2 rings (SSSR count). The van der Waals surface area contributed by atoms with Gasteiger partial charge in [-0.25, -0.2) is 8.42 Å². The molecule has 0 aliphatic rings. The number of hydrogen-bond acceptors (Lipinski definition) is 6. The Bertz CT molecular complexity index is 848. The summed E-state index contributed by atoms with van der Waals surface area (Å²) >= 11 is 0. The highest BCUT2D eigenvalue weighted by atomic mass is 32.2. The van der Waals surface area contributed by atoms with Crippen molar-refractivity contribution in [2.45, 2.75) is 17.9 Å². The van der Waals surface area contributed by atoms with Crippen LogP contribution in [-0.2, 0) is 16.6 Å². The Morgan fingerprint density at radius 3 is 2.64 bits per heavy atom. The summed E-state index contributed by atoms with van der Waals surface area (Å²) in [4.78, 5) is 4.00. The van der Waals surface area contributed by atoms with Crippen molar-refractivity contribution in [3.8, 4) is 17.6 Å². The van der Waals surface area contributed by atoms with Crippen LogP contribution in [0.4, 0.5) is 0 Å². The van der Waals surface area contributed by atoms with Crippen LogP contribution < -0.4 is 9.47 Å². The van der Waals surface area contributed by atoms with Gasteiger partial charge in [-0.3, -0.25) is 4.98 Å². The highest BCUT2D eigenvalue weighted by Crippen LogP contribution is 2.31. The van der Waals surface area contributed by atoms with Gasteiger partial charge in [0.2, 0.25) is 10.0 Å². The first-order valence-electron chi connectivity index (χ1n) is 7.51. The summed E-state index contributed by atoms with van der Waals surface area (Å²) in [6, 6.07) is 10.1. The Morgan fingerprint density at radius 1 is 1.24 bits per heavy atom. The van der Waals surface area contributed by atoms with Gasteiger partial charge in [0, 0.05) is 38.0 Å². The van der Waals surface area contributed by atoms with Crippen LogP contribution >= 0.6 is 0 Å². The molecule has 0 saturated heterocycles. The predicted octanol–water partition coefficient (Wildman–Crippen LogP) is 2.20. The minimum absolute atomic E-state index is 0.00354. The third kappa shape index (κ3) is 4.47. The fourth-order valence-electron chi connectivity index (χ4n) is 2.28. The number of rotatable bonds is 8. The molecule has 0 radical (unpaired) electrons. The molecule has 1 aromatic carbocycles. The zero-order valence-corrected chi connectivity index (χ0v) is 14.9. The monoisotopic (exact) mass is 361 g/mol. The second kappa shape index (κ2) is 8.46. The smallest absolute Gasteiger partial charge is 0.247 e. The van der Waals surface area contributed by atoms with E-state index < -0.39 is 10.0 Å². The SMILES string of the molecule is COc1ccc(OC)c(S(=O)(=O)N(CCC#N)Cc2cccnc2)c1. The molecule has 1 heterocycles. The molecule has 0 fully saturated rings. The summed E-state index contributed by atoms with van der Waals surface area (Å²) in [7, 11) is -1.03. The van der Waals surface area contributed by atoms with Crippen molar-refractivity contribution in [2.24, 2.45) is 0 Å². The molecule has 25 heavy (non-hydrogen) atoms. The van der Waals surface area contributed by atoms with Crippen molar-refractivity contribution in [1.82, 2.24) is 9.29 Å². The fourth-order valence-corrected chi connectivity index (χ4v) is 3.88. The van der Waals surface area contributed by atoms with Gasteiger partial charge in [-0.15, -0.1) is 0 Å². The van der Waals surface area contributed by atoms with Crippen molar-refractivity contribution in [3.05, 3.63) is 48.3 Å². The van der Waals surface area contributed by atoms with Gasteiger partial charge in [-0.05, 0) is 23.8 Å². The van der Waals surface area contributed by atoms with E-state index >= 15 is 0 Å². The third-order valence-electron chi connectivity index (χ3n) is 3.54. The van der Waals surface area contributed by atoms with E-state index in [2.05, 4.69) is 4.98 Å². The molecule has 0 amide bonds. The molecular formula is C17H19N3O4S. The number of nitriles is 1. The van der Waals surface area contributed by atoms with Gasteiger partial charge in [-0.1, -0.05) is 6.07 Å². The molecular weight excluding hydrogens is 342 g/mol. The summed E-state index contributed by atoms with van der Waals surface area (Å²) in [5, 5.41) is 8.87. The molecule has 0 atom stereocenters. The molecule has 0 aliphatic heterocycles. The summed E-state index contributed by atoms with van der Waals surface area (Å²) in [6.45, 7) is 0.173. The summed E-state index contributed by atoms with van der Waals surface area (Å²) in [6.07, 6.45) is 3.28. The van der Waals surface area contributed by atoms with Gasteiger partial charge in [-0.2, -0.15) is 9.57 Å². The highest BCUT2D eigenvalue weighted by molar-refractivity contribution is 7.89. The number of benzene rings is 1. The maximum absolute atomic E-state index is 13.2. The van der Waals surface area contributed by atoms with Crippen LogP contribution in [0.25, 0.3) is 0 Å². The molecule has 0 aliphatic carbocycles. The lowest BCUT2D eigenvalue weighted by Crippen LogP contribution is -2.32. The molecule has 2 aromatic rings. The maximum Gasteiger partial charge on any atom is 0.247 e. The van der Waals surface area contributed by atoms with Gasteiger partial charge in [0.25, 0.3) is 0 Å². The zero-order chi connectivity index (χ0) is 18.3. The van der Waals surface area contributed by atoms with Crippen LogP contribution in [-0.4, -0.2) is 38.5 Å². The Labute approximate surface area is 147 Å². The van der Waals surface area contributed by atoms with Crippen molar-refractivity contribution >= 4 is 10.0 Å². The number of sulfonamides is 1. The fraction of sp³-hybridized carbons (Fsp3) is 0.294. The number of hydrogen-bond donors (Lipinski definition) is 0. The number of ether oxygens (including phenoxy) is 2. The number of aromatic nitrogens is 1. The highest BCUT2D eigenvalue weighted by Gasteiger charge is 2.28. The maximum atomic E-state index is 13.2. The van der Waals surface area contributed by atoms with Crippen molar-refractivity contribution < 1.29 is 17.9 Å². The van der Waals surface area contributed by atoms with Crippen molar-refractivity contribution in [3.63, 3.8) is 0 Å². The van der Waals surface area contributed by atoms with E-state index in [1.165, 1.54) is 30.7 Å². The molecule has 0 spiro atoms. The van der Waals surface area contributed by atoms with E-state index in [9.17, 15) is 8.42 Å². The minimum atomic E-state index is -3.90. The van der Waals surface area contributed by atoms with Crippen LogP contribution in [0.15, 0.2) is 47.6 Å². The van der Waals surface area contributed by atoms with E-state index in [1.807, 2.05) is 6.07 Å². The lowest BCUT2D eigenvalue weighted by Gasteiger charge is -2.22. The molecule has 1 aromatic heterocycles. The Morgan fingerprint density at radius 2 is 2.04 bits per heavy atom. The van der Waals surface area contributed by atoms with E-state index in [0.717, 1.165) is 5.56 Å². The molecule has 8 heteroatoms. The second-order valence-corrected chi connectivity index (χ2v) is 7.03. The molecule has 0 saturated carbocycles. The number of methoxy groups -OCH3 is 2. The predicted molar refractivity (Wildman–Crippen MR) is 91.6 cm³/mol. The van der Waals surface area contributed by atoms with Gasteiger partial charge in [0.05, 0.1) is 20.3 Å². The van der Waals surface area contributed by atoms with Crippen LogP contribution in [0.3, 0.4) is 0 Å². The van der Waals surface area contributed by atoms with Crippen LogP contribution in [0.1, 0.15) is 12.0 Å². The van der Waals surface area contributed by atoms with Crippen molar-refractivity contribution in [1.29, 1.82) is 5.26 Å². The zero-order valence-electron chi connectivity index (χ0n) is 14.0. The van der Waals surface area contributed by atoms with Gasteiger partial charge in [0.1, 0.15) is 16.4 Å². The van der Waals surface area contributed by atoms with E-state index in [4.69, 9.17) is 14.7 Å². The Kier molecular flexibility index (Phi) is 6.33. The summed E-state index contributed by atoms with van der Waals surface area (Å²) < 4.78 is 37.9. The Hall–Kier alpha value is -2.63. The number of pyridine rings is 1. The van der Waals surface area contributed by atoms with Crippen LogP contribution in [0, 0.1) is 11.3 Å². The van der Waals surface area contributed by atoms with Crippen LogP contribution in [0.2, 0.25) is 0 Å². The molecule has 0 unspecified atom stereocenters. The van der Waals surface area contributed by atoms with Gasteiger partial charge >= 0.3 is 0 Å². The van der Waals surface area contributed by atoms with Gasteiger partial charge < -0.3 is 9.47 Å². The summed E-state index contributed by atoms with van der Waals surface area (Å²) in [5.41, 5.74) is 0.728. The minimum Gasteiger partial charge on any atom is -0.497 e. The summed E-state index contributed by atoms with van der Waals surface area (Å²) in [5.74, 6) is 0.620. The molecule has 7 nitrogen and oxygen atoms in total. The first-order chi connectivity index (χ1) is 12.0. The normalized spacial score (nSPS) is 11.1. The van der Waals surface area contributed by atoms with Gasteiger partial charge in [0.15, 0.2) is 0 Å². The molecule has 0 bridgehead atoms. The lowest BCUT2D eigenvalue weighted by atomic mass is 10.3. The largest absolute Gasteiger partial charge is 0.497 e. The van der Waals surface area contributed by atoms with E-state index in [0.29, 0.717) is 5.75 Å². The molecule has 0 N–H and O–H groups in total. The standard InChI is InChI=1S/C17H19N3O4S/c1-23-15-6-7-16(24-2)17(11-15)25(21,22)20(10-4-8-18)13-14-5-3-9-19-12-14/h3,5-7,9,11-12H,4,10,13H2,1-2H3.